The third kappa shape index (κ3) is 4.59. The Hall–Kier alpha value is -1.43. The van der Waals surface area contributed by atoms with Gasteiger partial charge in [-0.15, -0.1) is 11.3 Å². The Labute approximate surface area is 127 Å². The summed E-state index contributed by atoms with van der Waals surface area (Å²) in [5.41, 5.74) is 1.15. The summed E-state index contributed by atoms with van der Waals surface area (Å²) in [5.74, 6) is -0.0998. The van der Waals surface area contributed by atoms with E-state index in [9.17, 15) is 4.79 Å². The number of nitrogens with one attached hydrogen (secondary N) is 2. The lowest BCUT2D eigenvalue weighted by atomic mass is 10.3. The van der Waals surface area contributed by atoms with E-state index in [4.69, 9.17) is 11.6 Å². The summed E-state index contributed by atoms with van der Waals surface area (Å²) in [7, 11) is 0. The van der Waals surface area contributed by atoms with Crippen molar-refractivity contribution in [1.29, 1.82) is 0 Å². The minimum absolute atomic E-state index is 0.0998. The van der Waals surface area contributed by atoms with E-state index in [1.54, 1.807) is 12.3 Å². The number of carbonyl (C=O) groups excluding carboxylic acids is 1. The maximum absolute atomic E-state index is 11.8. The Morgan fingerprint density at radius 2 is 2.25 bits per heavy atom. The highest BCUT2D eigenvalue weighted by atomic mass is 35.5. The van der Waals surface area contributed by atoms with Crippen molar-refractivity contribution in [2.45, 2.75) is 13.0 Å². The Morgan fingerprint density at radius 3 is 2.95 bits per heavy atom. The SMILES string of the molecule is O=C(NCCCNCc1cccnc1)c1sccc1Cl. The van der Waals surface area contributed by atoms with E-state index >= 15 is 0 Å². The van der Waals surface area contributed by atoms with Crippen LogP contribution in [-0.4, -0.2) is 24.0 Å². The second-order valence-electron chi connectivity index (χ2n) is 4.25. The minimum Gasteiger partial charge on any atom is -0.351 e. The molecule has 0 aromatic carbocycles. The molecule has 4 nitrogen and oxygen atoms in total. The van der Waals surface area contributed by atoms with Crippen LogP contribution in [0.3, 0.4) is 0 Å². The van der Waals surface area contributed by atoms with Crippen LogP contribution in [0.2, 0.25) is 5.02 Å². The van der Waals surface area contributed by atoms with E-state index in [0.29, 0.717) is 16.4 Å². The van der Waals surface area contributed by atoms with Crippen molar-refractivity contribution in [3.8, 4) is 0 Å². The van der Waals surface area contributed by atoms with Crippen LogP contribution in [0.15, 0.2) is 36.0 Å². The summed E-state index contributed by atoms with van der Waals surface area (Å²) in [6, 6.07) is 5.68. The average molecular weight is 310 g/mol. The molecule has 2 heterocycles. The zero-order valence-corrected chi connectivity index (χ0v) is 12.5. The van der Waals surface area contributed by atoms with Gasteiger partial charge in [0.25, 0.3) is 5.91 Å². The summed E-state index contributed by atoms with van der Waals surface area (Å²) >= 11 is 7.25. The molecule has 0 aliphatic rings. The predicted molar refractivity (Wildman–Crippen MR) is 82.2 cm³/mol. The number of aromatic nitrogens is 1. The lowest BCUT2D eigenvalue weighted by Crippen LogP contribution is -2.26. The van der Waals surface area contributed by atoms with Crippen LogP contribution in [0.1, 0.15) is 21.7 Å². The first-order valence-electron chi connectivity index (χ1n) is 6.38. The highest BCUT2D eigenvalue weighted by Crippen LogP contribution is 2.21. The van der Waals surface area contributed by atoms with E-state index in [1.165, 1.54) is 11.3 Å². The zero-order chi connectivity index (χ0) is 14.2. The molecule has 0 atom stereocenters. The van der Waals surface area contributed by atoms with Gasteiger partial charge in [0.2, 0.25) is 0 Å². The number of nitrogens with zero attached hydrogens (tertiary/aromatic N) is 1. The molecule has 0 saturated carbocycles. The van der Waals surface area contributed by atoms with Crippen LogP contribution in [0.4, 0.5) is 0 Å². The van der Waals surface area contributed by atoms with Gasteiger partial charge in [0.1, 0.15) is 4.88 Å². The molecule has 0 bridgehead atoms. The first-order chi connectivity index (χ1) is 9.77. The van der Waals surface area contributed by atoms with Crippen molar-refractivity contribution in [1.82, 2.24) is 15.6 Å². The first kappa shape index (κ1) is 15.0. The van der Waals surface area contributed by atoms with Crippen molar-refractivity contribution < 1.29 is 4.79 Å². The molecule has 2 rings (SSSR count). The van der Waals surface area contributed by atoms with E-state index in [2.05, 4.69) is 15.6 Å². The predicted octanol–water partition coefficient (Wildman–Crippen LogP) is 2.71. The van der Waals surface area contributed by atoms with Crippen LogP contribution in [-0.2, 0) is 6.54 Å². The van der Waals surface area contributed by atoms with Gasteiger partial charge in [-0.3, -0.25) is 9.78 Å². The molecule has 20 heavy (non-hydrogen) atoms. The second kappa shape index (κ2) is 7.99. The summed E-state index contributed by atoms with van der Waals surface area (Å²) in [4.78, 5) is 16.4. The minimum atomic E-state index is -0.0998. The summed E-state index contributed by atoms with van der Waals surface area (Å²) in [5, 5.41) is 8.49. The van der Waals surface area contributed by atoms with Gasteiger partial charge in [0, 0.05) is 25.5 Å². The third-order valence-corrected chi connectivity index (χ3v) is 4.03. The Bertz CT molecular complexity index is 544. The number of amides is 1. The highest BCUT2D eigenvalue weighted by Gasteiger charge is 2.10. The lowest BCUT2D eigenvalue weighted by molar-refractivity contribution is 0.0957. The number of thiophene rings is 1. The van der Waals surface area contributed by atoms with Gasteiger partial charge in [-0.2, -0.15) is 0 Å². The number of pyridine rings is 1. The lowest BCUT2D eigenvalue weighted by Gasteiger charge is -2.06. The number of rotatable bonds is 7. The second-order valence-corrected chi connectivity index (χ2v) is 5.57. The van der Waals surface area contributed by atoms with Crippen LogP contribution in [0.25, 0.3) is 0 Å². The zero-order valence-electron chi connectivity index (χ0n) is 10.9. The highest BCUT2D eigenvalue weighted by molar-refractivity contribution is 7.12. The molecule has 0 fully saturated rings. The van der Waals surface area contributed by atoms with Crippen molar-refractivity contribution in [3.63, 3.8) is 0 Å². The molecule has 6 heteroatoms. The van der Waals surface area contributed by atoms with E-state index in [0.717, 1.165) is 25.1 Å². The molecule has 0 spiro atoms. The molecule has 0 aliphatic heterocycles. The molecule has 1 amide bonds. The van der Waals surface area contributed by atoms with Crippen molar-refractivity contribution in [3.05, 3.63) is 51.4 Å². The van der Waals surface area contributed by atoms with Crippen molar-refractivity contribution >= 4 is 28.8 Å². The molecular weight excluding hydrogens is 294 g/mol. The van der Waals surface area contributed by atoms with Gasteiger partial charge in [0.15, 0.2) is 0 Å². The van der Waals surface area contributed by atoms with Crippen LogP contribution in [0.5, 0.6) is 0 Å². The Balaban J connectivity index is 1.58. The molecule has 0 radical (unpaired) electrons. The van der Waals surface area contributed by atoms with E-state index in [-0.39, 0.29) is 5.91 Å². The van der Waals surface area contributed by atoms with Crippen LogP contribution >= 0.6 is 22.9 Å². The fourth-order valence-electron chi connectivity index (χ4n) is 1.69. The number of hydrogen-bond acceptors (Lipinski definition) is 4. The monoisotopic (exact) mass is 309 g/mol. The van der Waals surface area contributed by atoms with Gasteiger partial charge in [-0.05, 0) is 36.0 Å². The molecule has 2 aromatic heterocycles. The van der Waals surface area contributed by atoms with E-state index < -0.39 is 0 Å². The van der Waals surface area contributed by atoms with Crippen LogP contribution in [0, 0.1) is 0 Å². The molecule has 106 valence electrons. The summed E-state index contributed by atoms with van der Waals surface area (Å²) in [6.45, 7) is 2.26. The van der Waals surface area contributed by atoms with Crippen LogP contribution < -0.4 is 10.6 Å². The third-order valence-electron chi connectivity index (χ3n) is 2.69. The molecule has 2 aromatic rings. The maximum atomic E-state index is 11.8. The molecule has 0 saturated heterocycles. The fraction of sp³-hybridized carbons (Fsp3) is 0.286. The van der Waals surface area contributed by atoms with Gasteiger partial charge in [-0.25, -0.2) is 0 Å². The van der Waals surface area contributed by atoms with Gasteiger partial charge in [-0.1, -0.05) is 17.7 Å². The van der Waals surface area contributed by atoms with Crippen molar-refractivity contribution in [2.24, 2.45) is 0 Å². The topological polar surface area (TPSA) is 54.0 Å². The number of hydrogen-bond donors (Lipinski definition) is 2. The Morgan fingerprint density at radius 1 is 1.35 bits per heavy atom. The van der Waals surface area contributed by atoms with Gasteiger partial charge >= 0.3 is 0 Å². The fourth-order valence-corrected chi connectivity index (χ4v) is 2.74. The molecule has 2 N–H and O–H groups in total. The first-order valence-corrected chi connectivity index (χ1v) is 7.64. The summed E-state index contributed by atoms with van der Waals surface area (Å²) < 4.78 is 0. The molecular formula is C14H16ClN3OS. The normalized spacial score (nSPS) is 10.4. The maximum Gasteiger partial charge on any atom is 0.262 e. The molecule has 0 aliphatic carbocycles. The van der Waals surface area contributed by atoms with E-state index in [1.807, 2.05) is 23.7 Å². The number of halogens is 1. The number of carbonyl (C=O) groups is 1. The Kier molecular flexibility index (Phi) is 5.98. The average Bonchev–Trinajstić information content (AvgIpc) is 2.90. The summed E-state index contributed by atoms with van der Waals surface area (Å²) in [6.07, 6.45) is 4.47. The standard InChI is InChI=1S/C14H16ClN3OS/c15-12-4-8-20-13(12)14(19)18-7-2-6-17-10-11-3-1-5-16-9-11/h1,3-5,8-9,17H,2,6-7,10H2,(H,18,19). The molecule has 0 unspecified atom stereocenters. The quantitative estimate of drug-likeness (QED) is 0.773. The van der Waals surface area contributed by atoms with Crippen molar-refractivity contribution in [2.75, 3.05) is 13.1 Å². The van der Waals surface area contributed by atoms with Gasteiger partial charge in [0.05, 0.1) is 5.02 Å². The van der Waals surface area contributed by atoms with Gasteiger partial charge < -0.3 is 10.6 Å². The largest absolute Gasteiger partial charge is 0.351 e. The smallest absolute Gasteiger partial charge is 0.262 e.